The summed E-state index contributed by atoms with van der Waals surface area (Å²) < 4.78 is 0. The number of nitrogens with one attached hydrogen (secondary N) is 1. The molecule has 1 aliphatic rings. The van der Waals surface area contributed by atoms with Gasteiger partial charge in [-0.05, 0) is 24.3 Å². The summed E-state index contributed by atoms with van der Waals surface area (Å²) in [5.41, 5.74) is 0.597. The van der Waals surface area contributed by atoms with E-state index in [0.29, 0.717) is 10.7 Å². The fraction of sp³-hybridized carbons (Fsp3) is 0.182. The van der Waals surface area contributed by atoms with Crippen molar-refractivity contribution in [3.05, 3.63) is 29.3 Å². The van der Waals surface area contributed by atoms with Crippen molar-refractivity contribution < 1.29 is 9.59 Å². The molecule has 0 aromatic heterocycles. The maximum absolute atomic E-state index is 11.6. The molecule has 17 heavy (non-hydrogen) atoms. The van der Waals surface area contributed by atoms with Crippen LogP contribution in [0.2, 0.25) is 5.02 Å². The minimum Gasteiger partial charge on any atom is -0.292 e. The fourth-order valence-electron chi connectivity index (χ4n) is 1.55. The van der Waals surface area contributed by atoms with E-state index in [1.165, 1.54) is 4.90 Å². The van der Waals surface area contributed by atoms with Gasteiger partial charge < -0.3 is 0 Å². The van der Waals surface area contributed by atoms with Gasteiger partial charge in [-0.3, -0.25) is 15.0 Å². The maximum Gasteiger partial charge on any atom is 0.328 e. The molecule has 2 rings (SSSR count). The Kier molecular flexibility index (Phi) is 2.98. The molecule has 0 radical (unpaired) electrons. The van der Waals surface area contributed by atoms with Gasteiger partial charge in [0, 0.05) is 10.7 Å². The molecule has 0 bridgehead atoms. The zero-order valence-electron chi connectivity index (χ0n) is 8.68. The summed E-state index contributed by atoms with van der Waals surface area (Å²) in [4.78, 5) is 24.2. The van der Waals surface area contributed by atoms with Crippen molar-refractivity contribution in [2.24, 2.45) is 5.92 Å². The number of carbonyl (C=O) groups is 2. The van der Waals surface area contributed by atoms with Crippen LogP contribution in [0.15, 0.2) is 24.3 Å². The maximum atomic E-state index is 11.6. The van der Waals surface area contributed by atoms with Crippen LogP contribution in [0.3, 0.4) is 0 Å². The Balaban J connectivity index is 2.26. The van der Waals surface area contributed by atoms with Gasteiger partial charge in [0.05, 0.1) is 12.6 Å². The molecule has 3 amide bonds. The van der Waals surface area contributed by atoms with Crippen molar-refractivity contribution in [1.29, 1.82) is 5.26 Å². The third kappa shape index (κ3) is 2.22. The van der Waals surface area contributed by atoms with E-state index in [-0.39, 0.29) is 6.54 Å². The quantitative estimate of drug-likeness (QED) is 0.820. The molecular formula is C11H8ClN3O2. The number of benzene rings is 1. The Morgan fingerprint density at radius 1 is 1.35 bits per heavy atom. The van der Waals surface area contributed by atoms with Gasteiger partial charge in [-0.1, -0.05) is 11.6 Å². The average Bonchev–Trinajstić information content (AvgIpc) is 2.31. The molecule has 1 heterocycles. The van der Waals surface area contributed by atoms with E-state index >= 15 is 0 Å². The van der Waals surface area contributed by atoms with Gasteiger partial charge in [0.15, 0.2) is 0 Å². The molecule has 0 spiro atoms. The van der Waals surface area contributed by atoms with E-state index in [1.54, 1.807) is 24.3 Å². The van der Waals surface area contributed by atoms with E-state index in [4.69, 9.17) is 16.9 Å². The molecule has 5 nitrogen and oxygen atoms in total. The van der Waals surface area contributed by atoms with Gasteiger partial charge in [-0.2, -0.15) is 5.26 Å². The largest absolute Gasteiger partial charge is 0.328 e. The van der Waals surface area contributed by atoms with E-state index in [0.717, 1.165) is 0 Å². The lowest BCUT2D eigenvalue weighted by Crippen LogP contribution is -2.54. The summed E-state index contributed by atoms with van der Waals surface area (Å²) in [5, 5.41) is 11.5. The third-order valence-corrected chi connectivity index (χ3v) is 2.70. The summed E-state index contributed by atoms with van der Waals surface area (Å²) in [6.07, 6.45) is 0. The topological polar surface area (TPSA) is 73.2 Å². The molecule has 1 aromatic carbocycles. The Morgan fingerprint density at radius 2 is 2.00 bits per heavy atom. The first-order valence-corrected chi connectivity index (χ1v) is 5.27. The number of rotatable bonds is 1. The SMILES string of the molecule is N#CC1CN(c2ccc(Cl)cc2)C(=O)NC1=O. The van der Waals surface area contributed by atoms with Crippen LogP contribution in [0.5, 0.6) is 0 Å². The van der Waals surface area contributed by atoms with Crippen LogP contribution < -0.4 is 10.2 Å². The predicted octanol–water partition coefficient (Wildman–Crippen LogP) is 1.54. The van der Waals surface area contributed by atoms with Crippen molar-refractivity contribution in [3.63, 3.8) is 0 Å². The minimum atomic E-state index is -0.844. The lowest BCUT2D eigenvalue weighted by atomic mass is 10.1. The highest BCUT2D eigenvalue weighted by Gasteiger charge is 2.32. The minimum absolute atomic E-state index is 0.0583. The van der Waals surface area contributed by atoms with Crippen molar-refractivity contribution in [1.82, 2.24) is 5.32 Å². The highest BCUT2D eigenvalue weighted by atomic mass is 35.5. The summed E-state index contributed by atoms with van der Waals surface area (Å²) in [5.74, 6) is -1.40. The van der Waals surface area contributed by atoms with Crippen LogP contribution in [0.1, 0.15) is 0 Å². The summed E-state index contributed by atoms with van der Waals surface area (Å²) in [6, 6.07) is 7.93. The highest BCUT2D eigenvalue weighted by Crippen LogP contribution is 2.21. The van der Waals surface area contributed by atoms with E-state index in [2.05, 4.69) is 5.32 Å². The van der Waals surface area contributed by atoms with Crippen molar-refractivity contribution in [2.45, 2.75) is 0 Å². The van der Waals surface area contributed by atoms with Gasteiger partial charge in [0.25, 0.3) is 0 Å². The van der Waals surface area contributed by atoms with Gasteiger partial charge in [0.2, 0.25) is 5.91 Å². The summed E-state index contributed by atoms with van der Waals surface area (Å²) in [6.45, 7) is 0.0583. The molecule has 86 valence electrons. The molecule has 1 saturated heterocycles. The number of hydrogen-bond acceptors (Lipinski definition) is 3. The number of amides is 3. The molecule has 0 saturated carbocycles. The van der Waals surface area contributed by atoms with Crippen LogP contribution in [-0.4, -0.2) is 18.5 Å². The number of urea groups is 1. The molecule has 1 aliphatic heterocycles. The smallest absolute Gasteiger partial charge is 0.292 e. The molecule has 0 aliphatic carbocycles. The zero-order valence-corrected chi connectivity index (χ0v) is 9.44. The van der Waals surface area contributed by atoms with Gasteiger partial charge in [0.1, 0.15) is 5.92 Å². The lowest BCUT2D eigenvalue weighted by molar-refractivity contribution is -0.122. The van der Waals surface area contributed by atoms with Crippen molar-refractivity contribution in [2.75, 3.05) is 11.4 Å². The van der Waals surface area contributed by atoms with Crippen molar-refractivity contribution in [3.8, 4) is 6.07 Å². The Labute approximate surface area is 103 Å². The van der Waals surface area contributed by atoms with Crippen LogP contribution in [0.4, 0.5) is 10.5 Å². The number of hydrogen-bond donors (Lipinski definition) is 1. The molecule has 1 unspecified atom stereocenters. The standard InChI is InChI=1S/C11H8ClN3O2/c12-8-1-3-9(4-2-8)15-6-7(5-13)10(16)14-11(15)17/h1-4,7H,6H2,(H,14,16,17). The first kappa shape index (κ1) is 11.4. The zero-order chi connectivity index (χ0) is 12.4. The Hall–Kier alpha value is -2.06. The predicted molar refractivity (Wildman–Crippen MR) is 61.4 cm³/mol. The van der Waals surface area contributed by atoms with E-state index in [1.807, 2.05) is 6.07 Å². The normalized spacial score (nSPS) is 19.8. The van der Waals surface area contributed by atoms with Crippen LogP contribution in [0.25, 0.3) is 0 Å². The molecular weight excluding hydrogens is 242 g/mol. The number of halogens is 1. The lowest BCUT2D eigenvalue weighted by Gasteiger charge is -2.29. The number of carbonyl (C=O) groups excluding carboxylic acids is 2. The van der Waals surface area contributed by atoms with Crippen molar-refractivity contribution >= 4 is 29.2 Å². The van der Waals surface area contributed by atoms with Gasteiger partial charge in [-0.25, -0.2) is 4.79 Å². The molecule has 6 heteroatoms. The Bertz CT molecular complexity index is 506. The van der Waals surface area contributed by atoms with E-state index in [9.17, 15) is 9.59 Å². The van der Waals surface area contributed by atoms with Crippen LogP contribution in [-0.2, 0) is 4.79 Å². The van der Waals surface area contributed by atoms with E-state index < -0.39 is 17.9 Å². The second-order valence-electron chi connectivity index (χ2n) is 3.56. The first-order valence-electron chi connectivity index (χ1n) is 4.89. The summed E-state index contributed by atoms with van der Waals surface area (Å²) in [7, 11) is 0. The second kappa shape index (κ2) is 4.44. The molecule has 1 aromatic rings. The number of nitriles is 1. The fourth-order valence-corrected chi connectivity index (χ4v) is 1.68. The van der Waals surface area contributed by atoms with Gasteiger partial charge in [-0.15, -0.1) is 0 Å². The molecule has 1 atom stereocenters. The second-order valence-corrected chi connectivity index (χ2v) is 4.00. The number of anilines is 1. The average molecular weight is 250 g/mol. The highest BCUT2D eigenvalue weighted by molar-refractivity contribution is 6.30. The molecule has 1 fully saturated rings. The number of imide groups is 1. The third-order valence-electron chi connectivity index (χ3n) is 2.45. The molecule has 1 N–H and O–H groups in total. The number of nitrogens with zero attached hydrogens (tertiary/aromatic N) is 2. The van der Waals surface area contributed by atoms with Gasteiger partial charge >= 0.3 is 6.03 Å². The summed E-state index contributed by atoms with van der Waals surface area (Å²) >= 11 is 5.74. The van der Waals surface area contributed by atoms with Crippen LogP contribution in [0, 0.1) is 17.2 Å². The Morgan fingerprint density at radius 3 is 2.59 bits per heavy atom. The van der Waals surface area contributed by atoms with Crippen LogP contribution >= 0.6 is 11.6 Å². The monoisotopic (exact) mass is 249 g/mol. The first-order chi connectivity index (χ1) is 8.11.